The average molecular weight is 318 g/mol. The van der Waals surface area contributed by atoms with Crippen LogP contribution in [0.25, 0.3) is 0 Å². The molecule has 0 bridgehead atoms. The third-order valence-electron chi connectivity index (χ3n) is 4.15. The monoisotopic (exact) mass is 318 g/mol. The largest absolute Gasteiger partial charge is 0.394 e. The van der Waals surface area contributed by atoms with Crippen LogP contribution < -0.4 is 10.6 Å². The lowest BCUT2D eigenvalue weighted by Gasteiger charge is -2.29. The number of hydrogen-bond donors (Lipinski definition) is 3. The van der Waals surface area contributed by atoms with E-state index < -0.39 is 23.2 Å². The van der Waals surface area contributed by atoms with Gasteiger partial charge in [0.25, 0.3) is 0 Å². The van der Waals surface area contributed by atoms with E-state index in [0.717, 1.165) is 35.7 Å². The second-order valence-electron chi connectivity index (χ2n) is 5.60. The molecule has 3 N–H and O–H groups in total. The van der Waals surface area contributed by atoms with E-state index in [1.54, 1.807) is 0 Å². The first-order chi connectivity index (χ1) is 11.0. The van der Waals surface area contributed by atoms with E-state index in [0.29, 0.717) is 6.42 Å². The smallest absolute Gasteiger partial charge is 0.320 e. The van der Waals surface area contributed by atoms with Crippen LogP contribution in [0.5, 0.6) is 0 Å². The highest BCUT2D eigenvalue weighted by molar-refractivity contribution is 5.90. The lowest BCUT2D eigenvalue weighted by atomic mass is 9.93. The molecule has 0 heterocycles. The van der Waals surface area contributed by atoms with Crippen LogP contribution in [-0.4, -0.2) is 17.7 Å². The first-order valence-corrected chi connectivity index (χ1v) is 7.27. The number of rotatable bonds is 3. The molecule has 0 saturated heterocycles. The van der Waals surface area contributed by atoms with Crippen molar-refractivity contribution < 1.29 is 18.7 Å². The highest BCUT2D eigenvalue weighted by atomic mass is 19.1. The Kier molecular flexibility index (Phi) is 4.00. The number of fused-ring (bicyclic) bond motifs is 1. The number of amides is 2. The highest BCUT2D eigenvalue weighted by Crippen LogP contribution is 2.36. The lowest BCUT2D eigenvalue weighted by molar-refractivity contribution is 0.164. The predicted octanol–water partition coefficient (Wildman–Crippen LogP) is 2.92. The standard InChI is InChI=1S/C17H16F2N2O2/c18-12-5-6-14(19)15(9-12)20-16(23)21-17(10-22)8-7-11-3-1-2-4-13(11)17/h1-6,9,22H,7-8,10H2,(H2,20,21,23). The number of anilines is 1. The van der Waals surface area contributed by atoms with Gasteiger partial charge in [0.1, 0.15) is 11.6 Å². The molecule has 1 atom stereocenters. The summed E-state index contributed by atoms with van der Waals surface area (Å²) in [4.78, 5) is 12.2. The van der Waals surface area contributed by atoms with Crippen molar-refractivity contribution >= 4 is 11.7 Å². The molecule has 4 nitrogen and oxygen atoms in total. The molecule has 0 aliphatic heterocycles. The number of aliphatic hydroxyl groups is 1. The van der Waals surface area contributed by atoms with Crippen LogP contribution in [0.3, 0.4) is 0 Å². The van der Waals surface area contributed by atoms with E-state index in [4.69, 9.17) is 0 Å². The molecule has 2 amide bonds. The molecule has 0 saturated carbocycles. The zero-order valence-electron chi connectivity index (χ0n) is 12.3. The topological polar surface area (TPSA) is 61.4 Å². The van der Waals surface area contributed by atoms with Gasteiger partial charge in [-0.25, -0.2) is 13.6 Å². The first kappa shape index (κ1) is 15.4. The van der Waals surface area contributed by atoms with E-state index in [1.807, 2.05) is 24.3 Å². The second-order valence-corrected chi connectivity index (χ2v) is 5.60. The summed E-state index contributed by atoms with van der Waals surface area (Å²) in [5.41, 5.74) is 0.739. The fraction of sp³-hybridized carbons (Fsp3) is 0.235. The van der Waals surface area contributed by atoms with Crippen molar-refractivity contribution in [2.45, 2.75) is 18.4 Å². The van der Waals surface area contributed by atoms with Crippen LogP contribution >= 0.6 is 0 Å². The molecule has 120 valence electrons. The molecule has 1 aliphatic carbocycles. The fourth-order valence-electron chi connectivity index (χ4n) is 2.99. The predicted molar refractivity (Wildman–Crippen MR) is 82.0 cm³/mol. The van der Waals surface area contributed by atoms with E-state index in [9.17, 15) is 18.7 Å². The molecule has 2 aromatic rings. The third kappa shape index (κ3) is 2.90. The number of aryl methyl sites for hydroxylation is 1. The van der Waals surface area contributed by atoms with Gasteiger partial charge in [-0.2, -0.15) is 0 Å². The second kappa shape index (κ2) is 5.96. The number of nitrogens with one attached hydrogen (secondary N) is 2. The van der Waals surface area contributed by atoms with Crippen molar-refractivity contribution in [2.75, 3.05) is 11.9 Å². The van der Waals surface area contributed by atoms with Gasteiger partial charge >= 0.3 is 6.03 Å². The zero-order valence-corrected chi connectivity index (χ0v) is 12.3. The quantitative estimate of drug-likeness (QED) is 0.815. The molecular formula is C17H16F2N2O2. The van der Waals surface area contributed by atoms with Crippen molar-refractivity contribution in [3.05, 3.63) is 65.2 Å². The van der Waals surface area contributed by atoms with Gasteiger partial charge in [-0.05, 0) is 36.1 Å². The molecule has 6 heteroatoms. The number of hydrogen-bond acceptors (Lipinski definition) is 2. The molecule has 1 unspecified atom stereocenters. The first-order valence-electron chi connectivity index (χ1n) is 7.27. The van der Waals surface area contributed by atoms with E-state index >= 15 is 0 Å². The molecule has 3 rings (SSSR count). The van der Waals surface area contributed by atoms with Crippen molar-refractivity contribution in [3.8, 4) is 0 Å². The minimum absolute atomic E-state index is 0.248. The summed E-state index contributed by atoms with van der Waals surface area (Å²) < 4.78 is 26.8. The Balaban J connectivity index is 1.80. The molecule has 0 spiro atoms. The molecular weight excluding hydrogens is 302 g/mol. The molecule has 1 aliphatic rings. The minimum Gasteiger partial charge on any atom is -0.394 e. The maximum absolute atomic E-state index is 13.6. The Morgan fingerprint density at radius 3 is 2.78 bits per heavy atom. The van der Waals surface area contributed by atoms with Gasteiger partial charge in [-0.15, -0.1) is 0 Å². The van der Waals surface area contributed by atoms with Gasteiger partial charge in [0, 0.05) is 6.07 Å². The van der Waals surface area contributed by atoms with E-state index in [1.165, 1.54) is 0 Å². The van der Waals surface area contributed by atoms with Crippen LogP contribution in [0.1, 0.15) is 17.5 Å². The lowest BCUT2D eigenvalue weighted by Crippen LogP contribution is -2.49. The van der Waals surface area contributed by atoms with Gasteiger partial charge in [-0.1, -0.05) is 24.3 Å². The number of benzene rings is 2. The normalized spacial score (nSPS) is 19.3. The van der Waals surface area contributed by atoms with E-state index in [-0.39, 0.29) is 12.3 Å². The summed E-state index contributed by atoms with van der Waals surface area (Å²) >= 11 is 0. The van der Waals surface area contributed by atoms with Gasteiger partial charge < -0.3 is 15.7 Å². The molecule has 0 fully saturated rings. The van der Waals surface area contributed by atoms with Crippen molar-refractivity contribution in [1.29, 1.82) is 0 Å². The zero-order chi connectivity index (χ0) is 16.4. The number of aliphatic hydroxyl groups excluding tert-OH is 1. The summed E-state index contributed by atoms with van der Waals surface area (Å²) in [6.45, 7) is -0.275. The Hall–Kier alpha value is -2.47. The Morgan fingerprint density at radius 2 is 2.00 bits per heavy atom. The summed E-state index contributed by atoms with van der Waals surface area (Å²) in [6.07, 6.45) is 1.27. The maximum atomic E-state index is 13.6. The van der Waals surface area contributed by atoms with Gasteiger partial charge in [0.05, 0.1) is 17.8 Å². The number of carbonyl (C=O) groups excluding carboxylic acids is 1. The van der Waals surface area contributed by atoms with E-state index in [2.05, 4.69) is 10.6 Å². The summed E-state index contributed by atoms with van der Waals surface area (Å²) in [6, 6.07) is 9.65. The van der Waals surface area contributed by atoms with Crippen molar-refractivity contribution in [1.82, 2.24) is 5.32 Å². The Labute approximate surface area is 132 Å². The van der Waals surface area contributed by atoms with Crippen LogP contribution in [-0.2, 0) is 12.0 Å². The van der Waals surface area contributed by atoms with Crippen molar-refractivity contribution in [3.63, 3.8) is 0 Å². The minimum atomic E-state index is -0.912. The Morgan fingerprint density at radius 1 is 1.22 bits per heavy atom. The van der Waals surface area contributed by atoms with Crippen molar-refractivity contribution in [2.24, 2.45) is 0 Å². The highest BCUT2D eigenvalue weighted by Gasteiger charge is 2.39. The summed E-state index contributed by atoms with van der Waals surface area (Å²) in [7, 11) is 0. The molecule has 2 aromatic carbocycles. The molecule has 23 heavy (non-hydrogen) atoms. The fourth-order valence-corrected chi connectivity index (χ4v) is 2.99. The summed E-state index contributed by atoms with van der Waals surface area (Å²) in [5.74, 6) is -1.38. The van der Waals surface area contributed by atoms with Crippen LogP contribution in [0, 0.1) is 11.6 Å². The average Bonchev–Trinajstić information content (AvgIpc) is 2.90. The SMILES string of the molecule is O=C(Nc1cc(F)ccc1F)NC1(CO)CCc2ccccc21. The third-order valence-corrected chi connectivity index (χ3v) is 4.15. The maximum Gasteiger partial charge on any atom is 0.320 e. The van der Waals surface area contributed by atoms with Gasteiger partial charge in [0.15, 0.2) is 0 Å². The number of halogens is 2. The summed E-state index contributed by atoms with van der Waals surface area (Å²) in [5, 5.41) is 14.8. The van der Waals surface area contributed by atoms with Crippen LogP contribution in [0.2, 0.25) is 0 Å². The van der Waals surface area contributed by atoms with Gasteiger partial charge in [0.2, 0.25) is 0 Å². The Bertz CT molecular complexity index is 751. The molecule has 0 aromatic heterocycles. The number of carbonyl (C=O) groups is 1. The van der Waals surface area contributed by atoms with Crippen LogP contribution in [0.15, 0.2) is 42.5 Å². The van der Waals surface area contributed by atoms with Gasteiger partial charge in [-0.3, -0.25) is 0 Å². The number of urea groups is 1. The van der Waals surface area contributed by atoms with Crippen LogP contribution in [0.4, 0.5) is 19.3 Å². The molecule has 0 radical (unpaired) electrons.